The van der Waals surface area contributed by atoms with Gasteiger partial charge in [0, 0.05) is 18.6 Å². The van der Waals surface area contributed by atoms with Crippen LogP contribution in [0.4, 0.5) is 19.1 Å². The van der Waals surface area contributed by atoms with Crippen molar-refractivity contribution in [3.05, 3.63) is 42.4 Å². The summed E-state index contributed by atoms with van der Waals surface area (Å²) in [6.07, 6.45) is -0.715. The van der Waals surface area contributed by atoms with Crippen LogP contribution in [0.25, 0.3) is 0 Å². The monoisotopic (exact) mass is 328 g/mol. The van der Waals surface area contributed by atoms with Crippen LogP contribution in [0.15, 0.2) is 41.8 Å². The summed E-state index contributed by atoms with van der Waals surface area (Å²) >= 11 is 1.04. The molecule has 0 fully saturated rings. The molecule has 9 heteroatoms. The van der Waals surface area contributed by atoms with Crippen molar-refractivity contribution in [1.29, 1.82) is 0 Å². The number of carbonyl (C=O) groups is 1. The number of hydrogen-bond acceptors (Lipinski definition) is 5. The van der Waals surface area contributed by atoms with Gasteiger partial charge in [0.1, 0.15) is 0 Å². The number of aromatic nitrogens is 3. The van der Waals surface area contributed by atoms with Gasteiger partial charge in [-0.25, -0.2) is 15.0 Å². The first-order valence-corrected chi connectivity index (χ1v) is 7.02. The highest BCUT2D eigenvalue weighted by Gasteiger charge is 2.30. The fourth-order valence-electron chi connectivity index (χ4n) is 1.43. The van der Waals surface area contributed by atoms with E-state index in [1.807, 2.05) is 0 Å². The number of nitrogens with zero attached hydrogens (tertiary/aromatic N) is 3. The van der Waals surface area contributed by atoms with E-state index in [0.717, 1.165) is 24.0 Å². The number of hydrogen-bond donors (Lipinski definition) is 1. The van der Waals surface area contributed by atoms with E-state index < -0.39 is 17.0 Å². The summed E-state index contributed by atoms with van der Waals surface area (Å²) in [6, 6.07) is 3.77. The van der Waals surface area contributed by atoms with Gasteiger partial charge in [0.15, 0.2) is 0 Å². The van der Waals surface area contributed by atoms with Gasteiger partial charge >= 0.3 is 6.18 Å². The van der Waals surface area contributed by atoms with Gasteiger partial charge in [0.25, 0.3) is 0 Å². The Kier molecular flexibility index (Phi) is 4.96. The van der Waals surface area contributed by atoms with Crippen molar-refractivity contribution in [2.75, 3.05) is 5.32 Å². The fraction of sp³-hybridized carbons (Fsp3) is 0.231. The van der Waals surface area contributed by atoms with Crippen molar-refractivity contribution in [2.45, 2.75) is 23.4 Å². The molecule has 1 atom stereocenters. The molecule has 2 rings (SSSR count). The standard InChI is InChI=1S/C13H11F3N4OS/c1-8(11(21)20-12-17-5-2-6-18-12)22-10-4-3-9(7-19-10)13(14,15)16/h2-8H,1H3,(H,17,18,20,21)/t8-/m0/s1. The molecule has 116 valence electrons. The molecular weight excluding hydrogens is 317 g/mol. The highest BCUT2D eigenvalue weighted by atomic mass is 32.2. The molecule has 1 N–H and O–H groups in total. The minimum absolute atomic E-state index is 0.167. The maximum atomic E-state index is 12.4. The predicted octanol–water partition coefficient (Wildman–Crippen LogP) is 3.01. The largest absolute Gasteiger partial charge is 0.417 e. The Balaban J connectivity index is 1.96. The molecule has 5 nitrogen and oxygen atoms in total. The van der Waals surface area contributed by atoms with Gasteiger partial charge < -0.3 is 0 Å². The average molecular weight is 328 g/mol. The Bertz CT molecular complexity index is 634. The third-order valence-electron chi connectivity index (χ3n) is 2.53. The summed E-state index contributed by atoms with van der Waals surface area (Å²) in [6.45, 7) is 1.61. The van der Waals surface area contributed by atoms with Crippen LogP contribution >= 0.6 is 11.8 Å². The van der Waals surface area contributed by atoms with Gasteiger partial charge in [-0.3, -0.25) is 10.1 Å². The highest BCUT2D eigenvalue weighted by molar-refractivity contribution is 8.00. The number of thioether (sulfide) groups is 1. The van der Waals surface area contributed by atoms with Crippen LogP contribution in [0.1, 0.15) is 12.5 Å². The Morgan fingerprint density at radius 1 is 1.23 bits per heavy atom. The maximum Gasteiger partial charge on any atom is 0.417 e. The fourth-order valence-corrected chi connectivity index (χ4v) is 2.22. The number of nitrogens with one attached hydrogen (secondary N) is 1. The quantitative estimate of drug-likeness (QED) is 0.874. The molecule has 2 aromatic heterocycles. The van der Waals surface area contributed by atoms with Crippen molar-refractivity contribution in [1.82, 2.24) is 15.0 Å². The summed E-state index contributed by atoms with van der Waals surface area (Å²) in [4.78, 5) is 23.3. The van der Waals surface area contributed by atoms with E-state index in [-0.39, 0.29) is 11.9 Å². The minimum atomic E-state index is -4.43. The second kappa shape index (κ2) is 6.73. The lowest BCUT2D eigenvalue weighted by Gasteiger charge is -2.11. The van der Waals surface area contributed by atoms with E-state index in [0.29, 0.717) is 5.03 Å². The molecule has 0 saturated heterocycles. The summed E-state index contributed by atoms with van der Waals surface area (Å²) in [5, 5.41) is 2.27. The molecular formula is C13H11F3N4OS. The maximum absolute atomic E-state index is 12.4. The number of anilines is 1. The zero-order valence-corrected chi connectivity index (χ0v) is 12.1. The Hall–Kier alpha value is -2.16. The van der Waals surface area contributed by atoms with Crippen LogP contribution in [-0.4, -0.2) is 26.1 Å². The zero-order valence-electron chi connectivity index (χ0n) is 11.3. The second-order valence-electron chi connectivity index (χ2n) is 4.20. The summed E-state index contributed by atoms with van der Waals surface area (Å²) in [7, 11) is 0. The Morgan fingerprint density at radius 3 is 2.45 bits per heavy atom. The van der Waals surface area contributed by atoms with E-state index >= 15 is 0 Å². The number of amides is 1. The normalized spacial score (nSPS) is 12.7. The molecule has 0 aliphatic rings. The summed E-state index contributed by atoms with van der Waals surface area (Å²) in [5.74, 6) is -0.196. The molecule has 22 heavy (non-hydrogen) atoms. The van der Waals surface area contributed by atoms with Crippen LogP contribution in [0, 0.1) is 0 Å². The highest BCUT2D eigenvalue weighted by Crippen LogP contribution is 2.30. The van der Waals surface area contributed by atoms with Gasteiger partial charge in [-0.15, -0.1) is 0 Å². The number of pyridine rings is 1. The van der Waals surface area contributed by atoms with Crippen LogP contribution < -0.4 is 5.32 Å². The van der Waals surface area contributed by atoms with Crippen LogP contribution in [0.2, 0.25) is 0 Å². The molecule has 0 saturated carbocycles. The summed E-state index contributed by atoms with van der Waals surface area (Å²) < 4.78 is 37.3. The van der Waals surface area contributed by atoms with Crippen molar-refractivity contribution < 1.29 is 18.0 Å². The van der Waals surface area contributed by atoms with Crippen LogP contribution in [0.3, 0.4) is 0 Å². The topological polar surface area (TPSA) is 67.8 Å². The van der Waals surface area contributed by atoms with Gasteiger partial charge in [-0.05, 0) is 25.1 Å². The molecule has 0 aliphatic carbocycles. The molecule has 0 radical (unpaired) electrons. The molecule has 0 spiro atoms. The number of rotatable bonds is 4. The van der Waals surface area contributed by atoms with E-state index in [1.165, 1.54) is 18.5 Å². The first kappa shape index (κ1) is 16.2. The minimum Gasteiger partial charge on any atom is -0.294 e. The molecule has 0 bridgehead atoms. The molecule has 0 aromatic carbocycles. The van der Waals surface area contributed by atoms with E-state index in [1.54, 1.807) is 13.0 Å². The average Bonchev–Trinajstić information content (AvgIpc) is 2.48. The molecule has 2 heterocycles. The van der Waals surface area contributed by atoms with Crippen molar-refractivity contribution in [3.8, 4) is 0 Å². The lowest BCUT2D eigenvalue weighted by Crippen LogP contribution is -2.23. The molecule has 0 unspecified atom stereocenters. The van der Waals surface area contributed by atoms with E-state index in [9.17, 15) is 18.0 Å². The van der Waals surface area contributed by atoms with Crippen molar-refractivity contribution in [2.24, 2.45) is 0 Å². The van der Waals surface area contributed by atoms with Crippen LogP contribution in [-0.2, 0) is 11.0 Å². The predicted molar refractivity (Wildman–Crippen MR) is 75.2 cm³/mol. The van der Waals surface area contributed by atoms with E-state index in [4.69, 9.17) is 0 Å². The molecule has 0 aliphatic heterocycles. The van der Waals surface area contributed by atoms with Gasteiger partial charge in [-0.1, -0.05) is 11.8 Å². The van der Waals surface area contributed by atoms with Gasteiger partial charge in [0.2, 0.25) is 11.9 Å². The van der Waals surface area contributed by atoms with E-state index in [2.05, 4.69) is 20.3 Å². The Labute approximate surface area is 128 Å². The first-order chi connectivity index (χ1) is 10.4. The smallest absolute Gasteiger partial charge is 0.294 e. The lowest BCUT2D eigenvalue weighted by molar-refractivity contribution is -0.137. The zero-order chi connectivity index (χ0) is 16.2. The number of alkyl halides is 3. The first-order valence-electron chi connectivity index (χ1n) is 6.14. The van der Waals surface area contributed by atoms with Gasteiger partial charge in [0.05, 0.1) is 15.8 Å². The molecule has 2 aromatic rings. The third kappa shape index (κ3) is 4.42. The third-order valence-corrected chi connectivity index (χ3v) is 3.58. The summed E-state index contributed by atoms with van der Waals surface area (Å²) in [5.41, 5.74) is -0.827. The second-order valence-corrected chi connectivity index (χ2v) is 5.57. The van der Waals surface area contributed by atoms with Crippen molar-refractivity contribution in [3.63, 3.8) is 0 Å². The number of halogens is 3. The van der Waals surface area contributed by atoms with Gasteiger partial charge in [-0.2, -0.15) is 13.2 Å². The SMILES string of the molecule is C[C@H](Sc1ccc(C(F)(F)F)cn1)C(=O)Nc1ncccn1. The Morgan fingerprint density at radius 2 is 1.91 bits per heavy atom. The molecule has 1 amide bonds. The van der Waals surface area contributed by atoms with Crippen molar-refractivity contribution >= 4 is 23.6 Å². The lowest BCUT2D eigenvalue weighted by atomic mass is 10.3. The van der Waals surface area contributed by atoms with Crippen LogP contribution in [0.5, 0.6) is 0 Å². The number of carbonyl (C=O) groups excluding carboxylic acids is 1.